The summed E-state index contributed by atoms with van der Waals surface area (Å²) >= 11 is 5.74. The highest BCUT2D eigenvalue weighted by Gasteiger charge is 2.06. The van der Waals surface area contributed by atoms with E-state index >= 15 is 0 Å². The molecule has 15 heavy (non-hydrogen) atoms. The fourth-order valence-electron chi connectivity index (χ4n) is 1.46. The number of nitrogens with one attached hydrogen (secondary N) is 1. The minimum atomic E-state index is -0.228. The van der Waals surface area contributed by atoms with Gasteiger partial charge in [-0.2, -0.15) is 5.10 Å². The highest BCUT2D eigenvalue weighted by Crippen LogP contribution is 2.20. The van der Waals surface area contributed by atoms with Gasteiger partial charge in [-0.15, -0.1) is 0 Å². The molecule has 1 N–H and O–H groups in total. The van der Waals surface area contributed by atoms with Gasteiger partial charge in [0.25, 0.3) is 5.56 Å². The predicted octanol–water partition coefficient (Wildman–Crippen LogP) is 2.40. The van der Waals surface area contributed by atoms with Gasteiger partial charge in [0.2, 0.25) is 0 Å². The molecule has 0 saturated heterocycles. The molecular formula is C11H9ClN2O. The Hall–Kier alpha value is -1.61. The summed E-state index contributed by atoms with van der Waals surface area (Å²) in [6.45, 7) is 1.95. The molecule has 0 saturated carbocycles. The molecular weight excluding hydrogens is 212 g/mol. The summed E-state index contributed by atoms with van der Waals surface area (Å²) in [5, 5.41) is 6.26. The van der Waals surface area contributed by atoms with Crippen molar-refractivity contribution in [3.63, 3.8) is 0 Å². The number of aryl methyl sites for hydroxylation is 1. The third kappa shape index (κ3) is 1.92. The van der Waals surface area contributed by atoms with Crippen molar-refractivity contribution in [2.24, 2.45) is 0 Å². The summed E-state index contributed by atoms with van der Waals surface area (Å²) in [5.74, 6) is 0. The second-order valence-electron chi connectivity index (χ2n) is 3.25. The van der Waals surface area contributed by atoms with Crippen LogP contribution in [0.3, 0.4) is 0 Å². The van der Waals surface area contributed by atoms with Crippen LogP contribution >= 0.6 is 11.6 Å². The molecule has 0 fully saturated rings. The summed E-state index contributed by atoms with van der Waals surface area (Å²) in [7, 11) is 0. The van der Waals surface area contributed by atoms with Gasteiger partial charge in [0.1, 0.15) is 5.15 Å². The molecule has 0 aliphatic rings. The number of halogens is 1. The Bertz CT molecular complexity index is 548. The normalized spacial score (nSPS) is 10.3. The van der Waals surface area contributed by atoms with Gasteiger partial charge in [0.15, 0.2) is 0 Å². The van der Waals surface area contributed by atoms with Gasteiger partial charge in [0, 0.05) is 0 Å². The standard InChI is InChI=1S/C11H9ClN2O/c1-7-4-2-3-5-8(7)9-6-10(12)13-14-11(9)15/h2-6H,1H3,(H,14,15). The molecule has 1 aromatic carbocycles. The number of rotatable bonds is 1. The first-order valence-corrected chi connectivity index (χ1v) is 4.87. The molecule has 0 radical (unpaired) electrons. The molecule has 0 spiro atoms. The summed E-state index contributed by atoms with van der Waals surface area (Å²) in [5.41, 5.74) is 2.23. The number of nitrogens with zero attached hydrogens (tertiary/aromatic N) is 1. The second kappa shape index (κ2) is 3.87. The van der Waals surface area contributed by atoms with E-state index in [9.17, 15) is 4.79 Å². The SMILES string of the molecule is Cc1ccccc1-c1cc(Cl)n[nH]c1=O. The van der Waals surface area contributed by atoms with E-state index in [1.807, 2.05) is 31.2 Å². The van der Waals surface area contributed by atoms with Crippen LogP contribution < -0.4 is 5.56 Å². The Labute approximate surface area is 91.7 Å². The zero-order valence-electron chi connectivity index (χ0n) is 8.12. The molecule has 3 nitrogen and oxygen atoms in total. The first-order valence-electron chi connectivity index (χ1n) is 4.50. The summed E-state index contributed by atoms with van der Waals surface area (Å²) in [4.78, 5) is 11.5. The lowest BCUT2D eigenvalue weighted by atomic mass is 10.0. The lowest BCUT2D eigenvalue weighted by Crippen LogP contribution is -2.10. The smallest absolute Gasteiger partial charge is 0.267 e. The zero-order chi connectivity index (χ0) is 10.8. The Morgan fingerprint density at radius 3 is 2.73 bits per heavy atom. The Kier molecular flexibility index (Phi) is 2.56. The number of aromatic amines is 1. The van der Waals surface area contributed by atoms with Crippen molar-refractivity contribution in [1.82, 2.24) is 10.2 Å². The van der Waals surface area contributed by atoms with Crippen molar-refractivity contribution < 1.29 is 0 Å². The number of benzene rings is 1. The Morgan fingerprint density at radius 2 is 2.00 bits per heavy atom. The number of hydrogen-bond acceptors (Lipinski definition) is 2. The first kappa shape index (κ1) is 9.93. The molecule has 0 atom stereocenters. The van der Waals surface area contributed by atoms with Crippen LogP contribution in [0.5, 0.6) is 0 Å². The van der Waals surface area contributed by atoms with Gasteiger partial charge in [-0.25, -0.2) is 5.10 Å². The van der Waals surface area contributed by atoms with E-state index in [4.69, 9.17) is 11.6 Å². The van der Waals surface area contributed by atoms with E-state index in [0.717, 1.165) is 11.1 Å². The van der Waals surface area contributed by atoms with Crippen molar-refractivity contribution in [2.75, 3.05) is 0 Å². The molecule has 4 heteroatoms. The van der Waals surface area contributed by atoms with E-state index in [1.165, 1.54) is 0 Å². The average molecular weight is 221 g/mol. The van der Waals surface area contributed by atoms with Crippen LogP contribution in [0, 0.1) is 6.92 Å². The molecule has 2 aromatic rings. The van der Waals surface area contributed by atoms with Crippen LogP contribution in [0.2, 0.25) is 5.15 Å². The zero-order valence-corrected chi connectivity index (χ0v) is 8.88. The fourth-order valence-corrected chi connectivity index (χ4v) is 1.61. The van der Waals surface area contributed by atoms with E-state index in [1.54, 1.807) is 6.07 Å². The third-order valence-corrected chi connectivity index (χ3v) is 2.40. The Morgan fingerprint density at radius 1 is 1.27 bits per heavy atom. The molecule has 0 aliphatic heterocycles. The topological polar surface area (TPSA) is 45.8 Å². The molecule has 0 bridgehead atoms. The van der Waals surface area contributed by atoms with Crippen molar-refractivity contribution in [3.05, 3.63) is 51.4 Å². The van der Waals surface area contributed by atoms with Gasteiger partial charge in [-0.3, -0.25) is 4.79 Å². The number of H-pyrrole nitrogens is 1. The minimum Gasteiger partial charge on any atom is -0.267 e. The van der Waals surface area contributed by atoms with Gasteiger partial charge in [0.05, 0.1) is 5.56 Å². The molecule has 76 valence electrons. The van der Waals surface area contributed by atoms with Crippen LogP contribution in [-0.4, -0.2) is 10.2 Å². The number of hydrogen-bond donors (Lipinski definition) is 1. The van der Waals surface area contributed by atoms with Gasteiger partial charge < -0.3 is 0 Å². The largest absolute Gasteiger partial charge is 0.272 e. The highest BCUT2D eigenvalue weighted by atomic mass is 35.5. The number of aromatic nitrogens is 2. The third-order valence-electron chi connectivity index (χ3n) is 2.21. The maximum absolute atomic E-state index is 11.5. The molecule has 1 aromatic heterocycles. The maximum Gasteiger partial charge on any atom is 0.272 e. The van der Waals surface area contributed by atoms with Crippen molar-refractivity contribution in [1.29, 1.82) is 0 Å². The Balaban J connectivity index is 2.69. The molecule has 1 heterocycles. The van der Waals surface area contributed by atoms with E-state index in [-0.39, 0.29) is 10.7 Å². The molecule has 0 unspecified atom stereocenters. The minimum absolute atomic E-state index is 0.228. The van der Waals surface area contributed by atoms with Crippen molar-refractivity contribution >= 4 is 11.6 Å². The molecule has 0 amide bonds. The van der Waals surface area contributed by atoms with Gasteiger partial charge >= 0.3 is 0 Å². The lowest BCUT2D eigenvalue weighted by molar-refractivity contribution is 0.991. The monoisotopic (exact) mass is 220 g/mol. The quantitative estimate of drug-likeness (QED) is 0.802. The molecule has 2 rings (SSSR count). The highest BCUT2D eigenvalue weighted by molar-refractivity contribution is 6.29. The van der Waals surface area contributed by atoms with Crippen LogP contribution in [0.1, 0.15) is 5.56 Å². The van der Waals surface area contributed by atoms with Crippen LogP contribution in [-0.2, 0) is 0 Å². The first-order chi connectivity index (χ1) is 7.18. The average Bonchev–Trinajstić information content (AvgIpc) is 2.23. The van der Waals surface area contributed by atoms with Gasteiger partial charge in [-0.1, -0.05) is 35.9 Å². The summed E-state index contributed by atoms with van der Waals surface area (Å²) in [6.07, 6.45) is 0. The maximum atomic E-state index is 11.5. The van der Waals surface area contributed by atoms with Crippen molar-refractivity contribution in [2.45, 2.75) is 6.92 Å². The summed E-state index contributed by atoms with van der Waals surface area (Å²) in [6, 6.07) is 9.22. The molecule has 0 aliphatic carbocycles. The summed E-state index contributed by atoms with van der Waals surface area (Å²) < 4.78 is 0. The second-order valence-corrected chi connectivity index (χ2v) is 3.64. The van der Waals surface area contributed by atoms with E-state index in [0.29, 0.717) is 5.56 Å². The van der Waals surface area contributed by atoms with Crippen molar-refractivity contribution in [3.8, 4) is 11.1 Å². The lowest BCUT2D eigenvalue weighted by Gasteiger charge is -2.03. The van der Waals surface area contributed by atoms with Crippen LogP contribution in [0.25, 0.3) is 11.1 Å². The van der Waals surface area contributed by atoms with Crippen LogP contribution in [0.15, 0.2) is 35.1 Å². The predicted molar refractivity (Wildman–Crippen MR) is 60.0 cm³/mol. The van der Waals surface area contributed by atoms with E-state index < -0.39 is 0 Å². The van der Waals surface area contributed by atoms with E-state index in [2.05, 4.69) is 10.2 Å². The van der Waals surface area contributed by atoms with Crippen LogP contribution in [0.4, 0.5) is 0 Å². The fraction of sp³-hybridized carbons (Fsp3) is 0.0909. The van der Waals surface area contributed by atoms with Gasteiger partial charge in [-0.05, 0) is 24.1 Å².